The van der Waals surface area contributed by atoms with Crippen molar-refractivity contribution in [3.05, 3.63) is 23.3 Å². The molecule has 0 aromatic carbocycles. The molecular weight excluding hydrogens is 167 g/mol. The van der Waals surface area contributed by atoms with Gasteiger partial charge in [0.2, 0.25) is 0 Å². The molecule has 1 N–H and O–H groups in total. The number of allylic oxidation sites excluding steroid dienone is 4. The molecule has 0 aliphatic rings. The first kappa shape index (κ1) is 10.9. The van der Waals surface area contributed by atoms with Gasteiger partial charge in [-0.3, -0.25) is 0 Å². The summed E-state index contributed by atoms with van der Waals surface area (Å²) in [6.07, 6.45) is -2.00. The van der Waals surface area contributed by atoms with Crippen molar-refractivity contribution in [2.75, 3.05) is 0 Å². The Balaban J connectivity index is 4.82. The molecule has 0 aromatic heterocycles. The van der Waals surface area contributed by atoms with Crippen LogP contribution < -0.4 is 0 Å². The van der Waals surface area contributed by atoms with Crippen LogP contribution in [0.5, 0.6) is 0 Å². The van der Waals surface area contributed by atoms with E-state index in [1.165, 1.54) is 0 Å². The van der Waals surface area contributed by atoms with E-state index in [1.54, 1.807) is 13.8 Å². The van der Waals surface area contributed by atoms with Gasteiger partial charge in [0.05, 0.1) is 5.57 Å². The summed E-state index contributed by atoms with van der Waals surface area (Å²) in [5, 5.41) is 6.53. The highest BCUT2D eigenvalue weighted by atomic mass is 19.4. The molecule has 0 atom stereocenters. The SMILES string of the molecule is CC(C)=C/C(=C\C=N)C(F)(F)F. The topological polar surface area (TPSA) is 23.9 Å². The Hall–Kier alpha value is -1.06. The van der Waals surface area contributed by atoms with E-state index in [-0.39, 0.29) is 0 Å². The molecule has 68 valence electrons. The minimum absolute atomic E-state index is 0.556. The van der Waals surface area contributed by atoms with Gasteiger partial charge >= 0.3 is 6.18 Å². The smallest absolute Gasteiger partial charge is 0.309 e. The third-order valence-electron chi connectivity index (χ3n) is 1.03. The Kier molecular flexibility index (Phi) is 3.73. The van der Waals surface area contributed by atoms with E-state index < -0.39 is 11.7 Å². The second kappa shape index (κ2) is 4.09. The van der Waals surface area contributed by atoms with Crippen LogP contribution in [-0.2, 0) is 0 Å². The Bertz CT molecular complexity index is 219. The molecule has 12 heavy (non-hydrogen) atoms. The predicted octanol–water partition coefficient (Wildman–Crippen LogP) is 3.09. The lowest BCUT2D eigenvalue weighted by Gasteiger charge is -2.06. The Morgan fingerprint density at radius 3 is 2.00 bits per heavy atom. The van der Waals surface area contributed by atoms with Crippen molar-refractivity contribution < 1.29 is 13.2 Å². The minimum atomic E-state index is -4.37. The van der Waals surface area contributed by atoms with Crippen LogP contribution in [0.3, 0.4) is 0 Å². The summed E-state index contributed by atoms with van der Waals surface area (Å²) in [5.41, 5.74) is -0.238. The first-order valence-electron chi connectivity index (χ1n) is 3.30. The zero-order valence-electron chi connectivity index (χ0n) is 6.87. The van der Waals surface area contributed by atoms with Crippen LogP contribution in [0.2, 0.25) is 0 Å². The number of rotatable bonds is 2. The van der Waals surface area contributed by atoms with Crippen LogP contribution in [0.15, 0.2) is 23.3 Å². The fraction of sp³-hybridized carbons (Fsp3) is 0.375. The zero-order chi connectivity index (χ0) is 9.78. The van der Waals surface area contributed by atoms with Crippen LogP contribution in [-0.4, -0.2) is 12.4 Å². The van der Waals surface area contributed by atoms with Crippen LogP contribution in [0.1, 0.15) is 13.8 Å². The highest BCUT2D eigenvalue weighted by Gasteiger charge is 2.31. The largest absolute Gasteiger partial charge is 0.416 e. The van der Waals surface area contributed by atoms with Gasteiger partial charge in [-0.1, -0.05) is 11.6 Å². The van der Waals surface area contributed by atoms with Crippen LogP contribution in [0, 0.1) is 5.41 Å². The fourth-order valence-corrected chi connectivity index (χ4v) is 0.625. The summed E-state index contributed by atoms with van der Waals surface area (Å²) in [7, 11) is 0. The molecule has 0 aliphatic carbocycles. The number of nitrogens with one attached hydrogen (secondary N) is 1. The maximum absolute atomic E-state index is 12.1. The fourth-order valence-electron chi connectivity index (χ4n) is 0.625. The van der Waals surface area contributed by atoms with Gasteiger partial charge in [-0.05, 0) is 19.9 Å². The lowest BCUT2D eigenvalue weighted by Crippen LogP contribution is -2.10. The van der Waals surface area contributed by atoms with Gasteiger partial charge in [-0.2, -0.15) is 13.2 Å². The molecule has 0 fully saturated rings. The van der Waals surface area contributed by atoms with E-state index in [4.69, 9.17) is 5.41 Å². The van der Waals surface area contributed by atoms with Crippen molar-refractivity contribution in [3.8, 4) is 0 Å². The van der Waals surface area contributed by atoms with Crippen molar-refractivity contribution in [1.82, 2.24) is 0 Å². The molecule has 0 saturated carbocycles. The third-order valence-corrected chi connectivity index (χ3v) is 1.03. The molecule has 0 saturated heterocycles. The van der Waals surface area contributed by atoms with E-state index in [1.807, 2.05) is 0 Å². The van der Waals surface area contributed by atoms with E-state index in [9.17, 15) is 13.2 Å². The van der Waals surface area contributed by atoms with Crippen molar-refractivity contribution in [1.29, 1.82) is 5.41 Å². The molecule has 0 radical (unpaired) electrons. The van der Waals surface area contributed by atoms with E-state index >= 15 is 0 Å². The highest BCUT2D eigenvalue weighted by Crippen LogP contribution is 2.26. The monoisotopic (exact) mass is 177 g/mol. The lowest BCUT2D eigenvalue weighted by molar-refractivity contribution is -0.0881. The number of hydrogen-bond donors (Lipinski definition) is 1. The second-order valence-corrected chi connectivity index (χ2v) is 2.51. The van der Waals surface area contributed by atoms with E-state index in [0.717, 1.165) is 12.2 Å². The molecule has 0 unspecified atom stereocenters. The van der Waals surface area contributed by atoms with Crippen LogP contribution in [0.4, 0.5) is 13.2 Å². The van der Waals surface area contributed by atoms with Gasteiger partial charge < -0.3 is 5.41 Å². The summed E-state index contributed by atoms with van der Waals surface area (Å²) in [4.78, 5) is 0. The zero-order valence-corrected chi connectivity index (χ0v) is 6.87. The normalized spacial score (nSPS) is 12.6. The van der Waals surface area contributed by atoms with Gasteiger partial charge in [0.15, 0.2) is 0 Å². The number of alkyl halides is 3. The standard InChI is InChI=1S/C8H10F3N/c1-6(2)5-7(3-4-12)8(9,10)11/h3-5,12H,1-2H3/b7-3+,12-4?. The summed E-state index contributed by atoms with van der Waals surface area (Å²) in [6, 6.07) is 0. The van der Waals surface area contributed by atoms with Crippen LogP contribution in [0.25, 0.3) is 0 Å². The first-order valence-corrected chi connectivity index (χ1v) is 3.30. The maximum atomic E-state index is 12.1. The quantitative estimate of drug-likeness (QED) is 0.495. The molecular formula is C8H10F3N. The van der Waals surface area contributed by atoms with Crippen LogP contribution >= 0.6 is 0 Å². The summed E-state index contributed by atoms with van der Waals surface area (Å²) in [6.45, 7) is 3.15. The molecule has 0 bridgehead atoms. The molecule has 0 aromatic rings. The molecule has 4 heteroatoms. The predicted molar refractivity (Wildman–Crippen MR) is 42.4 cm³/mol. The summed E-state index contributed by atoms with van der Waals surface area (Å²) in [5.74, 6) is 0. The maximum Gasteiger partial charge on any atom is 0.416 e. The molecule has 0 spiro atoms. The molecule has 0 rings (SSSR count). The van der Waals surface area contributed by atoms with Crippen molar-refractivity contribution >= 4 is 6.21 Å². The highest BCUT2D eigenvalue weighted by molar-refractivity contribution is 5.70. The number of hydrogen-bond acceptors (Lipinski definition) is 1. The van der Waals surface area contributed by atoms with Gasteiger partial charge in [-0.15, -0.1) is 0 Å². The Morgan fingerprint density at radius 1 is 1.25 bits per heavy atom. The molecule has 0 heterocycles. The van der Waals surface area contributed by atoms with E-state index in [0.29, 0.717) is 11.8 Å². The second-order valence-electron chi connectivity index (χ2n) is 2.51. The van der Waals surface area contributed by atoms with Gasteiger partial charge in [0.1, 0.15) is 0 Å². The van der Waals surface area contributed by atoms with Crippen molar-refractivity contribution in [2.45, 2.75) is 20.0 Å². The molecule has 1 nitrogen and oxygen atoms in total. The Morgan fingerprint density at radius 2 is 1.75 bits per heavy atom. The van der Waals surface area contributed by atoms with E-state index in [2.05, 4.69) is 0 Å². The first-order chi connectivity index (χ1) is 5.38. The Labute approximate surface area is 69.1 Å². The summed E-state index contributed by atoms with van der Waals surface area (Å²) < 4.78 is 36.2. The number of halogens is 3. The summed E-state index contributed by atoms with van der Waals surface area (Å²) >= 11 is 0. The van der Waals surface area contributed by atoms with Gasteiger partial charge in [-0.25, -0.2) is 0 Å². The average Bonchev–Trinajstić information content (AvgIpc) is 1.83. The average molecular weight is 177 g/mol. The van der Waals surface area contributed by atoms with Crippen molar-refractivity contribution in [3.63, 3.8) is 0 Å². The molecule has 0 amide bonds. The molecule has 0 aliphatic heterocycles. The lowest BCUT2D eigenvalue weighted by atomic mass is 10.2. The van der Waals surface area contributed by atoms with Crippen molar-refractivity contribution in [2.24, 2.45) is 0 Å². The van der Waals surface area contributed by atoms with Gasteiger partial charge in [0, 0.05) is 6.21 Å². The van der Waals surface area contributed by atoms with Gasteiger partial charge in [0.25, 0.3) is 0 Å². The third kappa shape index (κ3) is 3.95. The minimum Gasteiger partial charge on any atom is -0.309 e.